The molecule has 1 fully saturated rings. The number of carbonyl (C=O) groups excluding carboxylic acids is 1. The second-order valence-electron chi connectivity index (χ2n) is 6.48. The highest BCUT2D eigenvalue weighted by Gasteiger charge is 2.31. The normalized spacial score (nSPS) is 15.6. The van der Waals surface area contributed by atoms with E-state index < -0.39 is 0 Å². The summed E-state index contributed by atoms with van der Waals surface area (Å²) in [5, 5.41) is 12.7. The fourth-order valence-corrected chi connectivity index (χ4v) is 3.98. The van der Waals surface area contributed by atoms with Crippen molar-refractivity contribution in [3.8, 4) is 0 Å². The third-order valence-corrected chi connectivity index (χ3v) is 5.83. The standard InChI is InChI=1S/C17H23N3O3S/c1-10-11(2)24-16-15(10)17(23)20(9-18-16)7-5-14(22)19-13(6-8-21)12-3-4-12/h9,12-13,21H,3-8H2,1-2H3,(H,19,22). The lowest BCUT2D eigenvalue weighted by atomic mass is 10.1. The van der Waals surface area contributed by atoms with Crippen LogP contribution in [-0.4, -0.2) is 33.2 Å². The van der Waals surface area contributed by atoms with Crippen molar-refractivity contribution in [2.45, 2.75) is 52.1 Å². The number of nitrogens with zero attached hydrogens (tertiary/aromatic N) is 2. The second kappa shape index (κ2) is 7.03. The minimum Gasteiger partial charge on any atom is -0.396 e. The Balaban J connectivity index is 1.67. The van der Waals surface area contributed by atoms with Gasteiger partial charge in [0.25, 0.3) is 5.56 Å². The van der Waals surface area contributed by atoms with E-state index in [9.17, 15) is 9.59 Å². The molecule has 1 unspecified atom stereocenters. The van der Waals surface area contributed by atoms with Gasteiger partial charge in [-0.1, -0.05) is 0 Å². The van der Waals surface area contributed by atoms with E-state index in [0.717, 1.165) is 28.1 Å². The van der Waals surface area contributed by atoms with Crippen LogP contribution in [-0.2, 0) is 11.3 Å². The predicted octanol–water partition coefficient (Wildman–Crippen LogP) is 1.74. The summed E-state index contributed by atoms with van der Waals surface area (Å²) in [4.78, 5) is 30.9. The summed E-state index contributed by atoms with van der Waals surface area (Å²) in [7, 11) is 0. The van der Waals surface area contributed by atoms with Crippen LogP contribution in [0.5, 0.6) is 0 Å². The lowest BCUT2D eigenvalue weighted by Crippen LogP contribution is -2.38. The first-order valence-corrected chi connectivity index (χ1v) is 9.18. The van der Waals surface area contributed by atoms with Crippen LogP contribution in [0.1, 0.15) is 36.1 Å². The first-order chi connectivity index (χ1) is 11.5. The Morgan fingerprint density at radius 2 is 2.25 bits per heavy atom. The molecule has 2 aromatic heterocycles. The van der Waals surface area contributed by atoms with Crippen LogP contribution >= 0.6 is 11.3 Å². The molecule has 1 atom stereocenters. The maximum absolute atomic E-state index is 12.6. The van der Waals surface area contributed by atoms with Gasteiger partial charge in [0.15, 0.2) is 0 Å². The Morgan fingerprint density at radius 1 is 1.50 bits per heavy atom. The van der Waals surface area contributed by atoms with Crippen LogP contribution < -0.4 is 10.9 Å². The van der Waals surface area contributed by atoms with Crippen molar-refractivity contribution in [3.63, 3.8) is 0 Å². The number of rotatable bonds is 7. The van der Waals surface area contributed by atoms with E-state index in [1.165, 1.54) is 22.2 Å². The number of nitrogens with one attached hydrogen (secondary N) is 1. The molecule has 0 aliphatic heterocycles. The van der Waals surface area contributed by atoms with E-state index >= 15 is 0 Å². The van der Waals surface area contributed by atoms with E-state index in [2.05, 4.69) is 10.3 Å². The number of aromatic nitrogens is 2. The van der Waals surface area contributed by atoms with Crippen molar-refractivity contribution >= 4 is 27.5 Å². The summed E-state index contributed by atoms with van der Waals surface area (Å²) in [5.74, 6) is 0.420. The molecule has 1 saturated carbocycles. The number of aliphatic hydroxyl groups is 1. The molecule has 130 valence electrons. The van der Waals surface area contributed by atoms with E-state index in [4.69, 9.17) is 5.11 Å². The van der Waals surface area contributed by atoms with E-state index in [0.29, 0.717) is 24.3 Å². The molecule has 0 radical (unpaired) electrons. The third-order valence-electron chi connectivity index (χ3n) is 4.71. The van der Waals surface area contributed by atoms with Gasteiger partial charge in [-0.05, 0) is 44.6 Å². The molecule has 0 aromatic carbocycles. The maximum atomic E-state index is 12.6. The van der Waals surface area contributed by atoms with Crippen molar-refractivity contribution in [3.05, 3.63) is 27.1 Å². The molecule has 0 saturated heterocycles. The van der Waals surface area contributed by atoms with Crippen molar-refractivity contribution in [2.24, 2.45) is 5.92 Å². The number of hydrogen-bond acceptors (Lipinski definition) is 5. The molecule has 6 nitrogen and oxygen atoms in total. The Labute approximate surface area is 144 Å². The molecule has 2 heterocycles. The van der Waals surface area contributed by atoms with E-state index in [-0.39, 0.29) is 30.5 Å². The fraction of sp³-hybridized carbons (Fsp3) is 0.588. The zero-order chi connectivity index (χ0) is 17.3. The number of aliphatic hydroxyl groups excluding tert-OH is 1. The largest absolute Gasteiger partial charge is 0.396 e. The number of thiophene rings is 1. The highest BCUT2D eigenvalue weighted by atomic mass is 32.1. The average Bonchev–Trinajstić information content (AvgIpc) is 3.34. The monoisotopic (exact) mass is 349 g/mol. The predicted molar refractivity (Wildman–Crippen MR) is 94.3 cm³/mol. The van der Waals surface area contributed by atoms with Gasteiger partial charge < -0.3 is 10.4 Å². The highest BCUT2D eigenvalue weighted by molar-refractivity contribution is 7.18. The van der Waals surface area contributed by atoms with Gasteiger partial charge in [0.2, 0.25) is 5.91 Å². The molecule has 1 amide bonds. The second-order valence-corrected chi connectivity index (χ2v) is 7.68. The number of hydrogen-bond donors (Lipinski definition) is 2. The quantitative estimate of drug-likeness (QED) is 0.797. The maximum Gasteiger partial charge on any atom is 0.262 e. The first kappa shape index (κ1) is 17.1. The van der Waals surface area contributed by atoms with E-state index in [1.807, 2.05) is 13.8 Å². The minimum absolute atomic E-state index is 0.0570. The Kier molecular flexibility index (Phi) is 5.01. The van der Waals surface area contributed by atoms with Gasteiger partial charge in [-0.15, -0.1) is 11.3 Å². The highest BCUT2D eigenvalue weighted by Crippen LogP contribution is 2.33. The number of amides is 1. The molecule has 3 rings (SSSR count). The SMILES string of the molecule is Cc1sc2ncn(CCC(=O)NC(CCO)C3CC3)c(=O)c2c1C. The number of aryl methyl sites for hydroxylation is 3. The van der Waals surface area contributed by atoms with Crippen LogP contribution in [0.4, 0.5) is 0 Å². The Hall–Kier alpha value is -1.73. The van der Waals surface area contributed by atoms with Crippen molar-refractivity contribution in [2.75, 3.05) is 6.61 Å². The van der Waals surface area contributed by atoms with Gasteiger partial charge in [-0.3, -0.25) is 14.2 Å². The Morgan fingerprint density at radius 3 is 2.92 bits per heavy atom. The molecule has 1 aliphatic rings. The summed E-state index contributed by atoms with van der Waals surface area (Å²) >= 11 is 1.52. The Bertz CT molecular complexity index is 807. The average molecular weight is 349 g/mol. The molecule has 2 aromatic rings. The van der Waals surface area contributed by atoms with Gasteiger partial charge in [0, 0.05) is 30.5 Å². The van der Waals surface area contributed by atoms with Gasteiger partial charge in [-0.25, -0.2) is 4.98 Å². The van der Waals surface area contributed by atoms with Crippen LogP contribution in [0.15, 0.2) is 11.1 Å². The fourth-order valence-electron chi connectivity index (χ4n) is 2.99. The lowest BCUT2D eigenvalue weighted by Gasteiger charge is -2.17. The summed E-state index contributed by atoms with van der Waals surface area (Å²) in [6.45, 7) is 4.32. The van der Waals surface area contributed by atoms with Crippen molar-refractivity contribution in [1.29, 1.82) is 0 Å². The number of fused-ring (bicyclic) bond motifs is 1. The summed E-state index contributed by atoms with van der Waals surface area (Å²) in [6.07, 6.45) is 4.59. The molecule has 0 bridgehead atoms. The van der Waals surface area contributed by atoms with Crippen LogP contribution in [0.3, 0.4) is 0 Å². The molecule has 0 spiro atoms. The van der Waals surface area contributed by atoms with Gasteiger partial charge >= 0.3 is 0 Å². The molecule has 24 heavy (non-hydrogen) atoms. The van der Waals surface area contributed by atoms with Crippen LogP contribution in [0, 0.1) is 19.8 Å². The molecule has 7 heteroatoms. The molecular weight excluding hydrogens is 326 g/mol. The zero-order valence-corrected chi connectivity index (χ0v) is 14.9. The van der Waals surface area contributed by atoms with Gasteiger partial charge in [0.05, 0.1) is 11.7 Å². The first-order valence-electron chi connectivity index (χ1n) is 8.36. The smallest absolute Gasteiger partial charge is 0.262 e. The molecule has 1 aliphatic carbocycles. The zero-order valence-electron chi connectivity index (χ0n) is 14.0. The van der Waals surface area contributed by atoms with E-state index in [1.54, 1.807) is 0 Å². The number of carbonyl (C=O) groups is 1. The summed E-state index contributed by atoms with van der Waals surface area (Å²) < 4.78 is 1.51. The minimum atomic E-state index is -0.0799. The topological polar surface area (TPSA) is 84.2 Å². The molecule has 2 N–H and O–H groups in total. The van der Waals surface area contributed by atoms with Crippen molar-refractivity contribution in [1.82, 2.24) is 14.9 Å². The lowest BCUT2D eigenvalue weighted by molar-refractivity contribution is -0.122. The van der Waals surface area contributed by atoms with Crippen LogP contribution in [0.2, 0.25) is 0 Å². The van der Waals surface area contributed by atoms with Gasteiger partial charge in [0.1, 0.15) is 4.83 Å². The van der Waals surface area contributed by atoms with Gasteiger partial charge in [-0.2, -0.15) is 0 Å². The summed E-state index contributed by atoms with van der Waals surface area (Å²) in [5.41, 5.74) is 0.895. The van der Waals surface area contributed by atoms with Crippen molar-refractivity contribution < 1.29 is 9.90 Å². The third kappa shape index (κ3) is 3.52. The summed E-state index contributed by atoms with van der Waals surface area (Å²) in [6, 6.07) is 0.0570. The molecular formula is C17H23N3O3S. The van der Waals surface area contributed by atoms with Crippen LogP contribution in [0.25, 0.3) is 10.2 Å².